The van der Waals surface area contributed by atoms with Crippen LogP contribution in [0.3, 0.4) is 0 Å². The van der Waals surface area contributed by atoms with Gasteiger partial charge >= 0.3 is 0 Å². The molecular formula is C39H23BN8. The van der Waals surface area contributed by atoms with Crippen LogP contribution in [0, 0.1) is 0 Å². The Labute approximate surface area is 274 Å². The minimum absolute atomic E-state index is 0.130. The molecule has 222 valence electrons. The average molecular weight is 614 g/mol. The number of aromatic nitrogens is 7. The molecular weight excluding hydrogens is 591 g/mol. The second-order valence-corrected chi connectivity index (χ2v) is 12.2. The quantitative estimate of drug-likeness (QED) is 0.228. The fourth-order valence-corrected chi connectivity index (χ4v) is 7.94. The zero-order valence-electron chi connectivity index (χ0n) is 25.4. The van der Waals surface area contributed by atoms with Gasteiger partial charge in [-0.3, -0.25) is 29.0 Å². The van der Waals surface area contributed by atoms with Crippen molar-refractivity contribution in [1.29, 1.82) is 0 Å². The third kappa shape index (κ3) is 3.26. The van der Waals surface area contributed by atoms with Crippen LogP contribution in [-0.2, 0) is 0 Å². The standard InChI is InChI=1S/C39H23BN8/c1-3-10-25(11-4-1)46-30-22-24(29-16-7-8-17-41-29)23-31-33(30)40(36-38(46)45-21-19-43-36)28-15-9-14-27-32-34-37(44-20-18-42-34)47(26-12-5-2-6-13-26)39(32)48(31)35(27)28/h1-23H. The van der Waals surface area contributed by atoms with E-state index in [-0.39, 0.29) is 6.71 Å². The summed E-state index contributed by atoms with van der Waals surface area (Å²) in [6, 6.07) is 38.1. The fourth-order valence-electron chi connectivity index (χ4n) is 7.94. The van der Waals surface area contributed by atoms with Crippen molar-refractivity contribution in [3.8, 4) is 22.6 Å². The summed E-state index contributed by atoms with van der Waals surface area (Å²) in [6.07, 6.45) is 9.01. The molecule has 4 aromatic carbocycles. The van der Waals surface area contributed by atoms with Crippen LogP contribution in [0.1, 0.15) is 0 Å². The van der Waals surface area contributed by atoms with Crippen molar-refractivity contribution in [3.05, 3.63) is 140 Å². The van der Waals surface area contributed by atoms with Gasteiger partial charge in [0.2, 0.25) is 0 Å². The molecule has 0 fully saturated rings. The Morgan fingerprint density at radius 2 is 1.31 bits per heavy atom. The van der Waals surface area contributed by atoms with E-state index in [0.717, 1.165) is 78.5 Å². The molecule has 0 unspecified atom stereocenters. The van der Waals surface area contributed by atoms with Gasteiger partial charge in [-0.25, -0.2) is 9.97 Å². The number of pyridine rings is 1. The molecule has 0 radical (unpaired) electrons. The topological polar surface area (TPSA) is 77.6 Å². The first-order valence-corrected chi connectivity index (χ1v) is 16.0. The molecule has 2 aliphatic heterocycles. The first-order chi connectivity index (χ1) is 23.9. The lowest BCUT2D eigenvalue weighted by atomic mass is 9.35. The van der Waals surface area contributed by atoms with Crippen molar-refractivity contribution in [2.24, 2.45) is 0 Å². The van der Waals surface area contributed by atoms with Crippen LogP contribution in [0.2, 0.25) is 0 Å². The summed E-state index contributed by atoms with van der Waals surface area (Å²) in [4.78, 5) is 27.0. The zero-order valence-corrected chi connectivity index (χ0v) is 25.4. The van der Waals surface area contributed by atoms with Crippen molar-refractivity contribution >= 4 is 73.5 Å². The molecule has 8 nitrogen and oxygen atoms in total. The molecule has 7 heterocycles. The van der Waals surface area contributed by atoms with E-state index >= 15 is 0 Å². The molecule has 5 aromatic heterocycles. The molecule has 0 spiro atoms. The summed E-state index contributed by atoms with van der Waals surface area (Å²) in [7, 11) is 0. The summed E-state index contributed by atoms with van der Waals surface area (Å²) in [5, 5.41) is 2.21. The van der Waals surface area contributed by atoms with Gasteiger partial charge in [0.1, 0.15) is 11.2 Å². The zero-order chi connectivity index (χ0) is 31.3. The van der Waals surface area contributed by atoms with Gasteiger partial charge in [-0.1, -0.05) is 60.7 Å². The molecule has 0 amide bonds. The smallest absolute Gasteiger partial charge is 0.277 e. The maximum Gasteiger partial charge on any atom is 0.277 e. The number of anilines is 3. The van der Waals surface area contributed by atoms with Crippen molar-refractivity contribution in [1.82, 2.24) is 34.1 Å². The monoisotopic (exact) mass is 614 g/mol. The van der Waals surface area contributed by atoms with Crippen LogP contribution >= 0.6 is 0 Å². The number of rotatable bonds is 3. The molecule has 0 N–H and O–H groups in total. The van der Waals surface area contributed by atoms with E-state index in [9.17, 15) is 0 Å². The maximum absolute atomic E-state index is 5.07. The van der Waals surface area contributed by atoms with Gasteiger partial charge in [-0.15, -0.1) is 0 Å². The highest BCUT2D eigenvalue weighted by Gasteiger charge is 2.44. The lowest BCUT2D eigenvalue weighted by Crippen LogP contribution is -2.61. The summed E-state index contributed by atoms with van der Waals surface area (Å²) in [5.74, 6) is 0.831. The van der Waals surface area contributed by atoms with Gasteiger partial charge in [0.05, 0.1) is 22.2 Å². The summed E-state index contributed by atoms with van der Waals surface area (Å²) in [5.41, 5.74) is 13.3. The molecule has 9 aromatic rings. The van der Waals surface area contributed by atoms with Crippen molar-refractivity contribution in [3.63, 3.8) is 0 Å². The highest BCUT2D eigenvalue weighted by Crippen LogP contribution is 2.44. The maximum atomic E-state index is 5.07. The molecule has 0 atom stereocenters. The lowest BCUT2D eigenvalue weighted by Gasteiger charge is -2.39. The molecule has 2 aliphatic rings. The van der Waals surface area contributed by atoms with Crippen LogP contribution < -0.4 is 21.4 Å². The molecule has 0 saturated carbocycles. The van der Waals surface area contributed by atoms with Crippen molar-refractivity contribution in [2.45, 2.75) is 0 Å². The molecule has 0 saturated heterocycles. The van der Waals surface area contributed by atoms with Crippen LogP contribution in [0.5, 0.6) is 0 Å². The molecule has 0 bridgehead atoms. The SMILES string of the molecule is c1ccc(N2c3cc(-c4ccccn4)cc4c3B(c3nccnc32)c2cccc3c5c6nccnc6n(-c6ccccc6)c5n-4c23)cc1. The molecule has 0 aliphatic carbocycles. The van der Waals surface area contributed by atoms with Gasteiger partial charge in [0.15, 0.2) is 11.5 Å². The van der Waals surface area contributed by atoms with E-state index in [0.29, 0.717) is 0 Å². The van der Waals surface area contributed by atoms with E-state index in [1.54, 1.807) is 18.6 Å². The second kappa shape index (κ2) is 9.46. The molecule has 11 rings (SSSR count). The van der Waals surface area contributed by atoms with Gasteiger partial charge in [-0.2, -0.15) is 0 Å². The van der Waals surface area contributed by atoms with E-state index in [4.69, 9.17) is 24.9 Å². The summed E-state index contributed by atoms with van der Waals surface area (Å²) >= 11 is 0. The first kappa shape index (κ1) is 25.6. The van der Waals surface area contributed by atoms with Gasteiger partial charge in [0, 0.05) is 64.7 Å². The van der Waals surface area contributed by atoms with Gasteiger partial charge in [0.25, 0.3) is 6.71 Å². The molecule has 48 heavy (non-hydrogen) atoms. The minimum atomic E-state index is -0.130. The number of hydrogen-bond donors (Lipinski definition) is 0. The Morgan fingerprint density at radius 3 is 2.15 bits per heavy atom. The lowest BCUT2D eigenvalue weighted by molar-refractivity contribution is 1.05. The number of hydrogen-bond acceptors (Lipinski definition) is 6. The van der Waals surface area contributed by atoms with Crippen LogP contribution in [0.25, 0.3) is 55.7 Å². The summed E-state index contributed by atoms with van der Waals surface area (Å²) < 4.78 is 4.69. The average Bonchev–Trinajstić information content (AvgIpc) is 3.68. The van der Waals surface area contributed by atoms with Crippen molar-refractivity contribution in [2.75, 3.05) is 4.90 Å². The fraction of sp³-hybridized carbons (Fsp3) is 0. The van der Waals surface area contributed by atoms with Gasteiger partial charge < -0.3 is 0 Å². The Kier molecular flexibility index (Phi) is 5.04. The predicted molar refractivity (Wildman–Crippen MR) is 191 cm³/mol. The van der Waals surface area contributed by atoms with Crippen LogP contribution in [-0.4, -0.2) is 40.8 Å². The minimum Gasteiger partial charge on any atom is -0.296 e. The first-order valence-electron chi connectivity index (χ1n) is 16.0. The number of fused-ring (bicyclic) bond motifs is 9. The summed E-state index contributed by atoms with van der Waals surface area (Å²) in [6.45, 7) is -0.130. The number of benzene rings is 4. The highest BCUT2D eigenvalue weighted by molar-refractivity contribution is 6.99. The van der Waals surface area contributed by atoms with E-state index < -0.39 is 0 Å². The Balaban J connectivity index is 1.38. The Bertz CT molecular complexity index is 2740. The van der Waals surface area contributed by atoms with Gasteiger partial charge in [-0.05, 0) is 59.5 Å². The highest BCUT2D eigenvalue weighted by atomic mass is 15.2. The third-order valence-electron chi connectivity index (χ3n) is 9.73. The Hall–Kier alpha value is -6.61. The number of nitrogens with zero attached hydrogens (tertiary/aromatic N) is 8. The van der Waals surface area contributed by atoms with E-state index in [1.807, 2.05) is 36.7 Å². The molecule has 9 heteroatoms. The number of para-hydroxylation sites is 3. The van der Waals surface area contributed by atoms with Crippen LogP contribution in [0.15, 0.2) is 140 Å². The van der Waals surface area contributed by atoms with Crippen molar-refractivity contribution < 1.29 is 0 Å². The normalized spacial score (nSPS) is 12.9. The van der Waals surface area contributed by atoms with Crippen LogP contribution in [0.4, 0.5) is 17.2 Å². The van der Waals surface area contributed by atoms with E-state index in [1.165, 1.54) is 10.9 Å². The second-order valence-electron chi connectivity index (χ2n) is 12.2. The largest absolute Gasteiger partial charge is 0.296 e. The van der Waals surface area contributed by atoms with E-state index in [2.05, 4.69) is 99.0 Å². The third-order valence-corrected chi connectivity index (χ3v) is 9.73. The predicted octanol–water partition coefficient (Wildman–Crippen LogP) is 5.98. The Morgan fingerprint density at radius 1 is 0.562 bits per heavy atom.